The first-order chi connectivity index (χ1) is 10.2. The fraction of sp³-hybridized carbons (Fsp3) is 0.600. The minimum absolute atomic E-state index is 0.00708. The summed E-state index contributed by atoms with van der Waals surface area (Å²) in [7, 11) is 0. The van der Waals surface area contributed by atoms with E-state index < -0.39 is 0 Å². The zero-order valence-electron chi connectivity index (χ0n) is 12.8. The molecule has 21 heavy (non-hydrogen) atoms. The largest absolute Gasteiger partial charge is 0.390 e. The Hall–Kier alpha value is -1.66. The Kier molecular flexibility index (Phi) is 4.07. The van der Waals surface area contributed by atoms with Gasteiger partial charge in [-0.25, -0.2) is 0 Å². The molecule has 0 aliphatic carbocycles. The molecule has 0 atom stereocenters. The van der Waals surface area contributed by atoms with Gasteiger partial charge in [0, 0.05) is 55.1 Å². The summed E-state index contributed by atoms with van der Waals surface area (Å²) in [5.41, 5.74) is 5.68. The fourth-order valence-electron chi connectivity index (χ4n) is 2.99. The maximum atomic E-state index is 9.35. The second-order valence-electron chi connectivity index (χ2n) is 5.72. The van der Waals surface area contributed by atoms with Crippen molar-refractivity contribution in [3.63, 3.8) is 0 Å². The van der Waals surface area contributed by atoms with Crippen molar-refractivity contribution in [1.82, 2.24) is 24.9 Å². The van der Waals surface area contributed by atoms with Gasteiger partial charge in [-0.15, -0.1) is 0 Å². The molecular weight excluding hydrogens is 266 g/mol. The lowest BCUT2D eigenvalue weighted by atomic mass is 10.0. The second kappa shape index (κ2) is 5.99. The van der Waals surface area contributed by atoms with Gasteiger partial charge in [-0.2, -0.15) is 10.2 Å². The van der Waals surface area contributed by atoms with Crippen LogP contribution in [0.2, 0.25) is 0 Å². The van der Waals surface area contributed by atoms with Gasteiger partial charge >= 0.3 is 0 Å². The molecule has 0 fully saturated rings. The third-order valence-electron chi connectivity index (χ3n) is 4.28. The second-order valence-corrected chi connectivity index (χ2v) is 5.72. The molecule has 3 rings (SSSR count). The summed E-state index contributed by atoms with van der Waals surface area (Å²) in [6.07, 6.45) is 4.05. The average molecular weight is 289 g/mol. The average Bonchev–Trinajstić information content (AvgIpc) is 3.05. The SMILES string of the molecule is CCCn1ncc(CN2CCc3[nH]nc(CO)c3C2)c1C. The number of nitrogens with zero attached hydrogens (tertiary/aromatic N) is 4. The molecule has 0 saturated carbocycles. The highest BCUT2D eigenvalue weighted by molar-refractivity contribution is 5.27. The third kappa shape index (κ3) is 2.73. The van der Waals surface area contributed by atoms with Crippen molar-refractivity contribution < 1.29 is 5.11 Å². The lowest BCUT2D eigenvalue weighted by Crippen LogP contribution is -2.30. The Morgan fingerprint density at radius 3 is 3.05 bits per heavy atom. The van der Waals surface area contributed by atoms with Gasteiger partial charge in [-0.1, -0.05) is 6.92 Å². The molecule has 2 N–H and O–H groups in total. The number of aromatic amines is 1. The van der Waals surface area contributed by atoms with E-state index in [9.17, 15) is 5.11 Å². The summed E-state index contributed by atoms with van der Waals surface area (Å²) in [4.78, 5) is 2.40. The standard InChI is InChI=1S/C15H23N5O/c1-3-5-20-11(2)12(7-16-20)8-19-6-4-14-13(9-19)15(10-21)18-17-14/h7,21H,3-6,8-10H2,1-2H3,(H,17,18). The molecule has 1 aliphatic rings. The van der Waals surface area contributed by atoms with E-state index >= 15 is 0 Å². The smallest absolute Gasteiger partial charge is 0.0924 e. The number of hydrogen-bond acceptors (Lipinski definition) is 4. The molecule has 3 heterocycles. The molecule has 0 saturated heterocycles. The topological polar surface area (TPSA) is 70.0 Å². The summed E-state index contributed by atoms with van der Waals surface area (Å²) in [5, 5.41) is 21.0. The van der Waals surface area contributed by atoms with Gasteiger partial charge < -0.3 is 5.11 Å². The van der Waals surface area contributed by atoms with E-state index in [0.717, 1.165) is 44.7 Å². The fourth-order valence-corrected chi connectivity index (χ4v) is 2.99. The van der Waals surface area contributed by atoms with Crippen LogP contribution in [-0.4, -0.2) is 36.5 Å². The van der Waals surface area contributed by atoms with E-state index in [-0.39, 0.29) is 6.61 Å². The zero-order valence-corrected chi connectivity index (χ0v) is 12.8. The van der Waals surface area contributed by atoms with Crippen molar-refractivity contribution in [2.45, 2.75) is 52.9 Å². The van der Waals surface area contributed by atoms with E-state index in [1.54, 1.807) is 0 Å². The van der Waals surface area contributed by atoms with E-state index in [2.05, 4.69) is 38.7 Å². The monoisotopic (exact) mass is 289 g/mol. The number of hydrogen-bond donors (Lipinski definition) is 2. The highest BCUT2D eigenvalue weighted by Crippen LogP contribution is 2.22. The van der Waals surface area contributed by atoms with Crippen LogP contribution >= 0.6 is 0 Å². The molecule has 0 amide bonds. The number of aryl methyl sites for hydroxylation is 1. The lowest BCUT2D eigenvalue weighted by Gasteiger charge is -2.26. The molecule has 114 valence electrons. The van der Waals surface area contributed by atoms with Gasteiger partial charge in [0.2, 0.25) is 0 Å². The molecule has 6 heteroatoms. The van der Waals surface area contributed by atoms with E-state index in [0.29, 0.717) is 0 Å². The number of nitrogens with one attached hydrogen (secondary N) is 1. The highest BCUT2D eigenvalue weighted by atomic mass is 16.3. The van der Waals surface area contributed by atoms with Crippen LogP contribution < -0.4 is 0 Å². The first-order valence-corrected chi connectivity index (χ1v) is 7.62. The molecular formula is C15H23N5O. The number of aromatic nitrogens is 4. The predicted molar refractivity (Wildman–Crippen MR) is 79.6 cm³/mol. The van der Waals surface area contributed by atoms with Crippen LogP contribution in [0, 0.1) is 6.92 Å². The van der Waals surface area contributed by atoms with Crippen LogP contribution in [0.1, 0.15) is 41.6 Å². The Bertz CT molecular complexity index is 602. The maximum Gasteiger partial charge on any atom is 0.0924 e. The minimum atomic E-state index is 0.00708. The Morgan fingerprint density at radius 2 is 2.29 bits per heavy atom. The normalized spacial score (nSPS) is 15.4. The molecule has 0 aromatic carbocycles. The molecule has 2 aromatic rings. The van der Waals surface area contributed by atoms with Crippen LogP contribution in [0.15, 0.2) is 6.20 Å². The highest BCUT2D eigenvalue weighted by Gasteiger charge is 2.22. The van der Waals surface area contributed by atoms with Gasteiger partial charge in [0.05, 0.1) is 18.5 Å². The number of fused-ring (bicyclic) bond motifs is 1. The van der Waals surface area contributed by atoms with Crippen molar-refractivity contribution in [2.24, 2.45) is 0 Å². The number of rotatable bonds is 5. The number of H-pyrrole nitrogens is 1. The maximum absolute atomic E-state index is 9.35. The molecule has 0 spiro atoms. The van der Waals surface area contributed by atoms with Crippen molar-refractivity contribution in [3.8, 4) is 0 Å². The summed E-state index contributed by atoms with van der Waals surface area (Å²) in [6.45, 7) is 8.07. The van der Waals surface area contributed by atoms with Gasteiger partial charge in [-0.05, 0) is 13.3 Å². The van der Waals surface area contributed by atoms with Gasteiger partial charge in [0.25, 0.3) is 0 Å². The van der Waals surface area contributed by atoms with E-state index in [1.807, 2.05) is 6.20 Å². The Balaban J connectivity index is 1.72. The van der Waals surface area contributed by atoms with E-state index in [4.69, 9.17) is 0 Å². The van der Waals surface area contributed by atoms with Gasteiger partial charge in [-0.3, -0.25) is 14.7 Å². The summed E-state index contributed by atoms with van der Waals surface area (Å²) in [5.74, 6) is 0. The summed E-state index contributed by atoms with van der Waals surface area (Å²) in [6, 6.07) is 0. The van der Waals surface area contributed by atoms with Gasteiger partial charge in [0.1, 0.15) is 0 Å². The Labute approximate surface area is 124 Å². The van der Waals surface area contributed by atoms with Crippen LogP contribution in [0.25, 0.3) is 0 Å². The van der Waals surface area contributed by atoms with Gasteiger partial charge in [0.15, 0.2) is 0 Å². The minimum Gasteiger partial charge on any atom is -0.390 e. The van der Waals surface area contributed by atoms with Crippen LogP contribution in [0.5, 0.6) is 0 Å². The van der Waals surface area contributed by atoms with Crippen molar-refractivity contribution in [2.75, 3.05) is 6.54 Å². The first-order valence-electron chi connectivity index (χ1n) is 7.62. The first kappa shape index (κ1) is 14.3. The third-order valence-corrected chi connectivity index (χ3v) is 4.28. The molecule has 0 bridgehead atoms. The molecule has 0 unspecified atom stereocenters. The number of aliphatic hydroxyl groups excluding tert-OH is 1. The van der Waals surface area contributed by atoms with Crippen LogP contribution in [0.4, 0.5) is 0 Å². The van der Waals surface area contributed by atoms with Crippen molar-refractivity contribution in [3.05, 3.63) is 34.4 Å². The van der Waals surface area contributed by atoms with Crippen LogP contribution in [-0.2, 0) is 32.7 Å². The van der Waals surface area contributed by atoms with E-state index in [1.165, 1.54) is 22.5 Å². The summed E-state index contributed by atoms with van der Waals surface area (Å²) < 4.78 is 2.09. The van der Waals surface area contributed by atoms with Crippen molar-refractivity contribution in [1.29, 1.82) is 0 Å². The van der Waals surface area contributed by atoms with Crippen molar-refractivity contribution >= 4 is 0 Å². The van der Waals surface area contributed by atoms with Crippen LogP contribution in [0.3, 0.4) is 0 Å². The zero-order chi connectivity index (χ0) is 14.8. The number of aliphatic hydroxyl groups is 1. The quantitative estimate of drug-likeness (QED) is 0.872. The lowest BCUT2D eigenvalue weighted by molar-refractivity contribution is 0.236. The molecule has 1 aliphatic heterocycles. The summed E-state index contributed by atoms with van der Waals surface area (Å²) >= 11 is 0. The predicted octanol–water partition coefficient (Wildman–Crippen LogP) is 1.38. The molecule has 6 nitrogen and oxygen atoms in total. The molecule has 0 radical (unpaired) electrons. The molecule has 2 aromatic heterocycles. The Morgan fingerprint density at radius 1 is 1.43 bits per heavy atom.